The molecule has 1 aromatic heterocycles. The molecule has 0 amide bonds. The van der Waals surface area contributed by atoms with Crippen molar-refractivity contribution in [1.82, 2.24) is 20.2 Å². The molecule has 84 valence electrons. The van der Waals surface area contributed by atoms with Crippen LogP contribution in [0.1, 0.15) is 39.0 Å². The molecule has 0 spiro atoms. The Morgan fingerprint density at radius 2 is 2.33 bits per heavy atom. The Morgan fingerprint density at radius 3 is 3.00 bits per heavy atom. The van der Waals surface area contributed by atoms with E-state index in [9.17, 15) is 0 Å². The fraction of sp³-hybridized carbons (Fsp3) is 0.900. The normalized spacial score (nSPS) is 26.5. The molecule has 1 heterocycles. The molecule has 2 atom stereocenters. The van der Waals surface area contributed by atoms with E-state index in [2.05, 4.69) is 27.8 Å². The van der Waals surface area contributed by atoms with E-state index in [1.54, 1.807) is 4.68 Å². The molecule has 1 saturated carbocycles. The van der Waals surface area contributed by atoms with Crippen LogP contribution in [0.5, 0.6) is 0 Å². The third-order valence-electron chi connectivity index (χ3n) is 3.31. The van der Waals surface area contributed by atoms with Gasteiger partial charge in [0.2, 0.25) is 5.95 Å². The molecular weight excluding hydrogens is 190 g/mol. The number of nitrogens with one attached hydrogen (secondary N) is 1. The van der Waals surface area contributed by atoms with Gasteiger partial charge in [0.05, 0.1) is 0 Å². The molecule has 0 aliphatic heterocycles. The van der Waals surface area contributed by atoms with Gasteiger partial charge in [-0.25, -0.2) is 4.68 Å². The first-order valence-electron chi connectivity index (χ1n) is 5.78. The molecule has 0 bridgehead atoms. The summed E-state index contributed by atoms with van der Waals surface area (Å²) >= 11 is 0. The highest BCUT2D eigenvalue weighted by atomic mass is 15.6. The lowest BCUT2D eigenvalue weighted by Crippen LogP contribution is -2.28. The van der Waals surface area contributed by atoms with Crippen molar-refractivity contribution < 1.29 is 0 Å². The Balaban J connectivity index is 1.92. The number of aryl methyl sites for hydroxylation is 1. The lowest BCUT2D eigenvalue weighted by atomic mass is 9.84. The zero-order valence-corrected chi connectivity index (χ0v) is 9.48. The Bertz CT molecular complexity index is 309. The maximum Gasteiger partial charge on any atom is 0.242 e. The molecule has 1 aliphatic carbocycles. The maximum absolute atomic E-state index is 3.95. The number of nitrogens with zero attached hydrogens (tertiary/aromatic N) is 4. The van der Waals surface area contributed by atoms with Gasteiger partial charge in [0.1, 0.15) is 0 Å². The largest absolute Gasteiger partial charge is 0.350 e. The van der Waals surface area contributed by atoms with E-state index in [1.165, 1.54) is 32.1 Å². The Morgan fingerprint density at radius 1 is 1.47 bits per heavy atom. The van der Waals surface area contributed by atoms with E-state index in [-0.39, 0.29) is 0 Å². The summed E-state index contributed by atoms with van der Waals surface area (Å²) in [5.41, 5.74) is 0. The molecule has 0 saturated heterocycles. The van der Waals surface area contributed by atoms with E-state index in [1.807, 2.05) is 7.05 Å². The second-order valence-electron chi connectivity index (χ2n) is 4.41. The van der Waals surface area contributed by atoms with Crippen LogP contribution in [0.3, 0.4) is 0 Å². The van der Waals surface area contributed by atoms with Crippen LogP contribution in [0, 0.1) is 5.92 Å². The first-order valence-corrected chi connectivity index (χ1v) is 5.78. The average Bonchev–Trinajstić information content (AvgIpc) is 2.65. The van der Waals surface area contributed by atoms with Gasteiger partial charge in [-0.3, -0.25) is 0 Å². The van der Waals surface area contributed by atoms with Gasteiger partial charge in [0.15, 0.2) is 0 Å². The number of tetrazole rings is 1. The number of hydrogen-bond donors (Lipinski definition) is 1. The number of aromatic nitrogens is 4. The Hall–Kier alpha value is -1.13. The van der Waals surface area contributed by atoms with Crippen molar-refractivity contribution in [1.29, 1.82) is 0 Å². The van der Waals surface area contributed by atoms with Crippen molar-refractivity contribution in [2.24, 2.45) is 13.0 Å². The van der Waals surface area contributed by atoms with Gasteiger partial charge in [0.25, 0.3) is 0 Å². The first kappa shape index (κ1) is 10.4. The fourth-order valence-corrected chi connectivity index (χ4v) is 2.33. The highest BCUT2D eigenvalue weighted by molar-refractivity contribution is 5.23. The highest BCUT2D eigenvalue weighted by Crippen LogP contribution is 2.27. The van der Waals surface area contributed by atoms with E-state index in [0.29, 0.717) is 6.04 Å². The molecule has 1 N–H and O–H groups in total. The topological polar surface area (TPSA) is 55.6 Å². The SMILES string of the molecule is CCC1CCCC(Nc2nnnn2C)C1. The van der Waals surface area contributed by atoms with E-state index < -0.39 is 0 Å². The second kappa shape index (κ2) is 4.59. The average molecular weight is 209 g/mol. The van der Waals surface area contributed by atoms with Crippen LogP contribution >= 0.6 is 0 Å². The van der Waals surface area contributed by atoms with Crippen molar-refractivity contribution in [3.05, 3.63) is 0 Å². The van der Waals surface area contributed by atoms with E-state index in [0.717, 1.165) is 11.9 Å². The van der Waals surface area contributed by atoms with Crippen molar-refractivity contribution >= 4 is 5.95 Å². The van der Waals surface area contributed by atoms with Crippen molar-refractivity contribution in [3.8, 4) is 0 Å². The van der Waals surface area contributed by atoms with Gasteiger partial charge in [0, 0.05) is 13.1 Å². The lowest BCUT2D eigenvalue weighted by Gasteiger charge is -2.28. The summed E-state index contributed by atoms with van der Waals surface area (Å²) in [6.07, 6.45) is 6.48. The Kier molecular flexibility index (Phi) is 3.18. The van der Waals surface area contributed by atoms with Crippen LogP contribution < -0.4 is 5.32 Å². The molecule has 2 unspecified atom stereocenters. The summed E-state index contributed by atoms with van der Waals surface area (Å²) in [4.78, 5) is 0. The third-order valence-corrected chi connectivity index (χ3v) is 3.31. The molecule has 5 heteroatoms. The molecule has 15 heavy (non-hydrogen) atoms. The predicted octanol–water partition coefficient (Wildman–Crippen LogP) is 1.59. The quantitative estimate of drug-likeness (QED) is 0.821. The van der Waals surface area contributed by atoms with Gasteiger partial charge in [-0.05, 0) is 29.2 Å². The van der Waals surface area contributed by atoms with Crippen LogP contribution in [0.2, 0.25) is 0 Å². The monoisotopic (exact) mass is 209 g/mol. The minimum atomic E-state index is 0.549. The lowest BCUT2D eigenvalue weighted by molar-refractivity contribution is 0.326. The van der Waals surface area contributed by atoms with Gasteiger partial charge in [-0.15, -0.1) is 0 Å². The molecule has 1 aromatic rings. The standard InChI is InChI=1S/C10H19N5/c1-3-8-5-4-6-9(7-8)11-10-12-13-14-15(10)2/h8-9H,3-7H2,1-2H3,(H,11,12,14). The minimum Gasteiger partial charge on any atom is -0.350 e. The van der Waals surface area contributed by atoms with Gasteiger partial charge < -0.3 is 5.32 Å². The molecule has 1 fully saturated rings. The smallest absolute Gasteiger partial charge is 0.242 e. The zero-order chi connectivity index (χ0) is 10.7. The Labute approximate surface area is 90.2 Å². The molecule has 2 rings (SSSR count). The van der Waals surface area contributed by atoms with Crippen molar-refractivity contribution in [3.63, 3.8) is 0 Å². The van der Waals surface area contributed by atoms with Gasteiger partial charge in [-0.1, -0.05) is 31.3 Å². The molecule has 1 aliphatic rings. The molecular formula is C10H19N5. The van der Waals surface area contributed by atoms with Crippen molar-refractivity contribution in [2.45, 2.75) is 45.1 Å². The number of anilines is 1. The fourth-order valence-electron chi connectivity index (χ4n) is 2.33. The summed E-state index contributed by atoms with van der Waals surface area (Å²) in [5.74, 6) is 1.66. The third kappa shape index (κ3) is 2.46. The van der Waals surface area contributed by atoms with Crippen LogP contribution in [0.4, 0.5) is 5.95 Å². The summed E-state index contributed by atoms with van der Waals surface area (Å²) in [5, 5.41) is 14.8. The predicted molar refractivity (Wildman–Crippen MR) is 58.5 cm³/mol. The molecule has 0 radical (unpaired) electrons. The molecule has 0 aromatic carbocycles. The number of rotatable bonds is 3. The summed E-state index contributed by atoms with van der Waals surface area (Å²) in [6.45, 7) is 2.27. The van der Waals surface area contributed by atoms with Crippen molar-refractivity contribution in [2.75, 3.05) is 5.32 Å². The number of hydrogen-bond acceptors (Lipinski definition) is 4. The molecule has 5 nitrogen and oxygen atoms in total. The maximum atomic E-state index is 3.95. The van der Waals surface area contributed by atoms with Gasteiger partial charge in [-0.2, -0.15) is 0 Å². The minimum absolute atomic E-state index is 0.549. The van der Waals surface area contributed by atoms with E-state index in [4.69, 9.17) is 0 Å². The summed E-state index contributed by atoms with van der Waals surface area (Å²) in [7, 11) is 1.86. The first-order chi connectivity index (χ1) is 7.29. The summed E-state index contributed by atoms with van der Waals surface area (Å²) in [6, 6.07) is 0.549. The summed E-state index contributed by atoms with van der Waals surface area (Å²) < 4.78 is 1.69. The van der Waals surface area contributed by atoms with Crippen LogP contribution in [0.25, 0.3) is 0 Å². The second-order valence-corrected chi connectivity index (χ2v) is 4.41. The van der Waals surface area contributed by atoms with E-state index >= 15 is 0 Å². The zero-order valence-electron chi connectivity index (χ0n) is 9.48. The highest BCUT2D eigenvalue weighted by Gasteiger charge is 2.21. The van der Waals surface area contributed by atoms with Gasteiger partial charge >= 0.3 is 0 Å². The van der Waals surface area contributed by atoms with Crippen LogP contribution in [0.15, 0.2) is 0 Å². The van der Waals surface area contributed by atoms with Crippen LogP contribution in [-0.2, 0) is 7.05 Å². The van der Waals surface area contributed by atoms with Crippen LogP contribution in [-0.4, -0.2) is 26.2 Å².